The number of hydrogen-bond donors (Lipinski definition) is 1. The summed E-state index contributed by atoms with van der Waals surface area (Å²) in [5, 5.41) is 2.72. The molecule has 0 aliphatic carbocycles. The summed E-state index contributed by atoms with van der Waals surface area (Å²) < 4.78 is 26.8. The summed E-state index contributed by atoms with van der Waals surface area (Å²) in [5.41, 5.74) is 1.30. The molecule has 7 heteroatoms. The average Bonchev–Trinajstić information content (AvgIpc) is 2.70. The molecule has 0 saturated carbocycles. The van der Waals surface area contributed by atoms with Crippen LogP contribution in [0.15, 0.2) is 64.5 Å². The Morgan fingerprint density at radius 1 is 0.963 bits per heavy atom. The molecule has 0 spiro atoms. The Bertz CT molecular complexity index is 919. The lowest BCUT2D eigenvalue weighted by atomic mass is 10.2. The molecule has 0 aromatic heterocycles. The van der Waals surface area contributed by atoms with Crippen molar-refractivity contribution in [1.82, 2.24) is 4.31 Å². The van der Waals surface area contributed by atoms with E-state index in [0.717, 1.165) is 24.8 Å². The molecular formula is C20H21ClN2O3S. The molecule has 1 aliphatic rings. The number of rotatable bonds is 5. The molecule has 1 N–H and O–H groups in total. The van der Waals surface area contributed by atoms with Crippen LogP contribution in [0, 0.1) is 0 Å². The number of hydrogen-bond acceptors (Lipinski definition) is 3. The van der Waals surface area contributed by atoms with Crippen molar-refractivity contribution < 1.29 is 13.2 Å². The fourth-order valence-electron chi connectivity index (χ4n) is 2.92. The number of benzene rings is 2. The molecule has 1 saturated heterocycles. The van der Waals surface area contributed by atoms with Crippen molar-refractivity contribution in [3.05, 3.63) is 65.2 Å². The van der Waals surface area contributed by atoms with E-state index in [4.69, 9.17) is 11.6 Å². The highest BCUT2D eigenvalue weighted by Gasteiger charge is 2.25. The summed E-state index contributed by atoms with van der Waals surface area (Å²) in [6.45, 7) is 1.11. The van der Waals surface area contributed by atoms with Gasteiger partial charge in [-0.25, -0.2) is 8.42 Å². The summed E-state index contributed by atoms with van der Waals surface area (Å²) in [6.07, 6.45) is 4.42. The van der Waals surface area contributed by atoms with Crippen LogP contribution < -0.4 is 5.32 Å². The molecule has 27 heavy (non-hydrogen) atoms. The second-order valence-corrected chi connectivity index (χ2v) is 8.69. The molecule has 2 aromatic rings. The topological polar surface area (TPSA) is 66.5 Å². The minimum atomic E-state index is -3.48. The first-order chi connectivity index (χ1) is 13.0. The molecule has 0 radical (unpaired) electrons. The van der Waals surface area contributed by atoms with E-state index in [9.17, 15) is 13.2 Å². The van der Waals surface area contributed by atoms with E-state index in [1.54, 1.807) is 18.2 Å². The third-order valence-corrected chi connectivity index (χ3v) is 6.57. The van der Waals surface area contributed by atoms with Crippen molar-refractivity contribution in [2.24, 2.45) is 0 Å². The van der Waals surface area contributed by atoms with Crippen LogP contribution in [0.1, 0.15) is 24.8 Å². The average molecular weight is 405 g/mol. The van der Waals surface area contributed by atoms with Gasteiger partial charge in [-0.15, -0.1) is 0 Å². The van der Waals surface area contributed by atoms with Gasteiger partial charge in [0.2, 0.25) is 10.0 Å². The van der Waals surface area contributed by atoms with E-state index >= 15 is 0 Å². The van der Waals surface area contributed by atoms with Crippen LogP contribution in [-0.4, -0.2) is 31.7 Å². The predicted molar refractivity (Wildman–Crippen MR) is 108 cm³/mol. The second kappa shape index (κ2) is 8.69. The van der Waals surface area contributed by atoms with Gasteiger partial charge in [-0.2, -0.15) is 4.31 Å². The number of nitrogens with one attached hydrogen (secondary N) is 1. The molecule has 1 fully saturated rings. The van der Waals surface area contributed by atoms with E-state index in [1.807, 2.05) is 30.3 Å². The lowest BCUT2D eigenvalue weighted by Gasteiger charge is -2.25. The zero-order valence-corrected chi connectivity index (χ0v) is 16.3. The summed E-state index contributed by atoms with van der Waals surface area (Å²) in [6, 6.07) is 15.4. The summed E-state index contributed by atoms with van der Waals surface area (Å²) in [4.78, 5) is 12.4. The van der Waals surface area contributed by atoms with Gasteiger partial charge >= 0.3 is 0 Å². The van der Waals surface area contributed by atoms with Crippen molar-refractivity contribution >= 4 is 39.3 Å². The molecule has 0 unspecified atom stereocenters. The summed E-state index contributed by atoms with van der Waals surface area (Å²) in [7, 11) is -3.48. The van der Waals surface area contributed by atoms with Gasteiger partial charge in [0.05, 0.1) is 4.90 Å². The number of halogens is 1. The van der Waals surface area contributed by atoms with Crippen LogP contribution in [0.3, 0.4) is 0 Å². The van der Waals surface area contributed by atoms with Crippen LogP contribution in [0.4, 0.5) is 5.69 Å². The number of carbonyl (C=O) groups excluding carboxylic acids is 1. The van der Waals surface area contributed by atoms with Crippen LogP contribution in [-0.2, 0) is 14.8 Å². The highest BCUT2D eigenvalue weighted by Crippen LogP contribution is 2.22. The molecule has 5 nitrogen and oxygen atoms in total. The maximum absolute atomic E-state index is 12.6. The number of anilines is 1. The van der Waals surface area contributed by atoms with E-state index in [2.05, 4.69) is 5.32 Å². The van der Waals surface area contributed by atoms with Gasteiger partial charge in [0.1, 0.15) is 5.03 Å². The summed E-state index contributed by atoms with van der Waals surface area (Å²) >= 11 is 6.07. The fraction of sp³-hybridized carbons (Fsp3) is 0.250. The smallest absolute Gasteiger partial charge is 0.267 e. The third-order valence-electron chi connectivity index (χ3n) is 4.37. The lowest BCUT2D eigenvalue weighted by molar-refractivity contribution is -0.112. The normalized spacial score (nSPS) is 16.1. The Morgan fingerprint density at radius 3 is 2.22 bits per heavy atom. The fourth-order valence-corrected chi connectivity index (χ4v) is 4.61. The van der Waals surface area contributed by atoms with Gasteiger partial charge in [-0.05, 0) is 48.7 Å². The van der Waals surface area contributed by atoms with Gasteiger partial charge in [-0.1, -0.05) is 48.4 Å². The first-order valence-corrected chi connectivity index (χ1v) is 10.6. The number of nitrogens with zero attached hydrogens (tertiary/aromatic N) is 1. The predicted octanol–water partition coefficient (Wildman–Crippen LogP) is 4.08. The Kier molecular flexibility index (Phi) is 6.31. The van der Waals surface area contributed by atoms with Crippen LogP contribution in [0.5, 0.6) is 0 Å². The van der Waals surface area contributed by atoms with Crippen molar-refractivity contribution in [2.45, 2.75) is 24.2 Å². The Balaban J connectivity index is 1.68. The van der Waals surface area contributed by atoms with Crippen LogP contribution in [0.2, 0.25) is 0 Å². The zero-order valence-electron chi connectivity index (χ0n) is 14.8. The quantitative estimate of drug-likeness (QED) is 0.763. The van der Waals surface area contributed by atoms with Gasteiger partial charge in [0.25, 0.3) is 5.91 Å². The number of sulfonamides is 1. The Morgan fingerprint density at radius 2 is 1.59 bits per heavy atom. The van der Waals surface area contributed by atoms with Crippen molar-refractivity contribution in [3.63, 3.8) is 0 Å². The Hall–Kier alpha value is -2.15. The van der Waals surface area contributed by atoms with Gasteiger partial charge in [0.15, 0.2) is 0 Å². The van der Waals surface area contributed by atoms with Crippen molar-refractivity contribution in [2.75, 3.05) is 18.4 Å². The molecule has 0 bridgehead atoms. The van der Waals surface area contributed by atoms with Crippen molar-refractivity contribution in [3.8, 4) is 0 Å². The van der Waals surface area contributed by atoms with E-state index in [-0.39, 0.29) is 9.93 Å². The third kappa shape index (κ3) is 4.97. The zero-order chi connectivity index (χ0) is 19.3. The number of piperidine rings is 1. The van der Waals surface area contributed by atoms with Crippen molar-refractivity contribution in [1.29, 1.82) is 0 Å². The molecule has 1 aliphatic heterocycles. The highest BCUT2D eigenvalue weighted by atomic mass is 35.5. The molecule has 142 valence electrons. The maximum atomic E-state index is 12.6. The lowest BCUT2D eigenvalue weighted by Crippen LogP contribution is -2.35. The Labute approximate surface area is 164 Å². The van der Waals surface area contributed by atoms with E-state index in [1.165, 1.54) is 16.4 Å². The first kappa shape index (κ1) is 19.6. The monoisotopic (exact) mass is 404 g/mol. The number of carbonyl (C=O) groups is 1. The highest BCUT2D eigenvalue weighted by molar-refractivity contribution is 7.89. The largest absolute Gasteiger partial charge is 0.321 e. The van der Waals surface area contributed by atoms with Gasteiger partial charge in [0, 0.05) is 18.8 Å². The SMILES string of the molecule is O=C(Nc1ccc(S(=O)(=O)N2CCCCC2)cc1)C(Cl)=Cc1ccccc1. The number of amides is 1. The molecular weight excluding hydrogens is 384 g/mol. The van der Waals surface area contributed by atoms with E-state index in [0.29, 0.717) is 18.8 Å². The first-order valence-electron chi connectivity index (χ1n) is 8.80. The molecule has 2 aromatic carbocycles. The second-order valence-electron chi connectivity index (χ2n) is 6.35. The van der Waals surface area contributed by atoms with E-state index < -0.39 is 15.9 Å². The standard InChI is InChI=1S/C20H21ClN2O3S/c21-19(15-16-7-3-1-4-8-16)20(24)22-17-9-11-18(12-10-17)27(25,26)23-13-5-2-6-14-23/h1,3-4,7-12,15H,2,5-6,13-14H2,(H,22,24). The molecule has 3 rings (SSSR count). The van der Waals surface area contributed by atoms with Gasteiger partial charge in [-0.3, -0.25) is 4.79 Å². The van der Waals surface area contributed by atoms with Crippen LogP contribution in [0.25, 0.3) is 6.08 Å². The van der Waals surface area contributed by atoms with Gasteiger partial charge < -0.3 is 5.32 Å². The molecule has 1 amide bonds. The summed E-state index contributed by atoms with van der Waals surface area (Å²) in [5.74, 6) is -0.452. The molecule has 0 atom stereocenters. The minimum absolute atomic E-state index is 0.0474. The molecule has 1 heterocycles. The maximum Gasteiger partial charge on any atom is 0.267 e. The minimum Gasteiger partial charge on any atom is -0.321 e. The van der Waals surface area contributed by atoms with Crippen LogP contribution >= 0.6 is 11.6 Å².